The molecule has 0 saturated heterocycles. The quantitative estimate of drug-likeness (QED) is 0.0451. The van der Waals surface area contributed by atoms with Crippen LogP contribution in [0, 0.1) is 0 Å². The lowest BCUT2D eigenvalue weighted by atomic mass is 10.0. The maximum atomic E-state index is 11.8. The van der Waals surface area contributed by atoms with Crippen LogP contribution in [0.4, 0.5) is 0 Å². The summed E-state index contributed by atoms with van der Waals surface area (Å²) in [5, 5.41) is 0. The van der Waals surface area contributed by atoms with Crippen LogP contribution in [0.2, 0.25) is 0 Å². The second-order valence-corrected chi connectivity index (χ2v) is 19.5. The van der Waals surface area contributed by atoms with E-state index in [1.165, 1.54) is 283 Å². The molecule has 0 N–H and O–H groups in total. The van der Waals surface area contributed by atoms with Gasteiger partial charge in [0.2, 0.25) is 0 Å². The fraction of sp³-hybridized carbons (Fsp3) is 0.966. The Morgan fingerprint density at radius 2 is 0.355 bits per heavy atom. The first-order valence-corrected chi connectivity index (χ1v) is 28.9. The molecule has 0 amide bonds. The van der Waals surface area contributed by atoms with Crippen LogP contribution in [0.3, 0.4) is 0 Å². The number of carbonyl (C=O) groups excluding carboxylic acids is 2. The van der Waals surface area contributed by atoms with Crippen LogP contribution in [-0.2, 0) is 19.1 Å². The van der Waals surface area contributed by atoms with Gasteiger partial charge in [-0.2, -0.15) is 0 Å². The Labute approximate surface area is 391 Å². The molecule has 0 atom stereocenters. The van der Waals surface area contributed by atoms with Crippen LogP contribution in [0.25, 0.3) is 0 Å². The topological polar surface area (TPSA) is 52.6 Å². The number of hydrogen-bond donors (Lipinski definition) is 0. The highest BCUT2D eigenvalue weighted by molar-refractivity contribution is 5.69. The van der Waals surface area contributed by atoms with Gasteiger partial charge in [0.05, 0.1) is 13.2 Å². The number of carbonyl (C=O) groups is 2. The molecule has 0 radical (unpaired) electrons. The zero-order valence-electron chi connectivity index (χ0n) is 43.4. The van der Waals surface area contributed by atoms with Crippen LogP contribution >= 0.6 is 0 Å². The highest BCUT2D eigenvalue weighted by Gasteiger charge is 2.04. The van der Waals surface area contributed by atoms with Crippen molar-refractivity contribution in [2.45, 2.75) is 349 Å². The predicted octanol–water partition coefficient (Wildman–Crippen LogP) is 20.6. The standard InChI is InChI=1S/C31H62O2.C27H54O2/c1-3-5-7-9-11-13-15-17-19-21-23-25-27-29-31(32)33-30-28-26-24-22-20-18-16-14-12-10-8-6-4-2;1-3-5-7-9-11-12-13-14-15-16-17-18-19-21-23-25-27(28)29-26-24-22-20-10-8-6-4-2/h3-30H2,1-2H3;3-26H2,1-2H3. The van der Waals surface area contributed by atoms with Crippen molar-refractivity contribution in [1.82, 2.24) is 0 Å². The zero-order valence-corrected chi connectivity index (χ0v) is 43.4. The summed E-state index contributed by atoms with van der Waals surface area (Å²) in [6.07, 6.45) is 65.6. The summed E-state index contributed by atoms with van der Waals surface area (Å²) >= 11 is 0. The SMILES string of the molecule is CCCCCCCCCCCCCCCCCC(=O)OCCCCCCCCC.CCCCCCCCCCCCCCCOC(=O)CCCCCCCCCCCCCCC. The zero-order chi connectivity index (χ0) is 45.3. The van der Waals surface area contributed by atoms with Gasteiger partial charge >= 0.3 is 11.9 Å². The Morgan fingerprint density at radius 1 is 0.210 bits per heavy atom. The van der Waals surface area contributed by atoms with E-state index in [4.69, 9.17) is 9.47 Å². The van der Waals surface area contributed by atoms with Gasteiger partial charge in [-0.15, -0.1) is 0 Å². The van der Waals surface area contributed by atoms with Gasteiger partial charge in [0, 0.05) is 12.8 Å². The van der Waals surface area contributed by atoms with Gasteiger partial charge in [-0.05, 0) is 25.7 Å². The predicted molar refractivity (Wildman–Crippen MR) is 275 cm³/mol. The molecule has 0 fully saturated rings. The fourth-order valence-electron chi connectivity index (χ4n) is 8.62. The van der Waals surface area contributed by atoms with E-state index in [2.05, 4.69) is 27.7 Å². The van der Waals surface area contributed by atoms with E-state index >= 15 is 0 Å². The minimum absolute atomic E-state index is 0.0191. The van der Waals surface area contributed by atoms with Gasteiger partial charge in [0.15, 0.2) is 0 Å². The van der Waals surface area contributed by atoms with E-state index < -0.39 is 0 Å². The third-order valence-corrected chi connectivity index (χ3v) is 13.0. The summed E-state index contributed by atoms with van der Waals surface area (Å²) in [6.45, 7) is 10.4. The van der Waals surface area contributed by atoms with E-state index in [1.54, 1.807) is 0 Å². The Morgan fingerprint density at radius 3 is 0.532 bits per heavy atom. The van der Waals surface area contributed by atoms with Crippen LogP contribution in [0.15, 0.2) is 0 Å². The van der Waals surface area contributed by atoms with Crippen molar-refractivity contribution >= 4 is 11.9 Å². The van der Waals surface area contributed by atoms with Crippen LogP contribution in [0.5, 0.6) is 0 Å². The molecule has 0 bridgehead atoms. The molecule has 4 heteroatoms. The largest absolute Gasteiger partial charge is 0.466 e. The molecule has 0 heterocycles. The van der Waals surface area contributed by atoms with E-state index in [9.17, 15) is 9.59 Å². The molecule has 0 aliphatic carbocycles. The van der Waals surface area contributed by atoms with Crippen molar-refractivity contribution in [2.24, 2.45) is 0 Å². The molecule has 0 unspecified atom stereocenters. The van der Waals surface area contributed by atoms with Crippen molar-refractivity contribution in [2.75, 3.05) is 13.2 Å². The van der Waals surface area contributed by atoms with Gasteiger partial charge in [0.1, 0.15) is 0 Å². The Kier molecular flexibility index (Phi) is 60.9. The third-order valence-electron chi connectivity index (χ3n) is 13.0. The van der Waals surface area contributed by atoms with Gasteiger partial charge in [-0.3, -0.25) is 9.59 Å². The summed E-state index contributed by atoms with van der Waals surface area (Å²) in [5.41, 5.74) is 0. The molecule has 62 heavy (non-hydrogen) atoms. The number of ether oxygens (including phenoxy) is 2. The van der Waals surface area contributed by atoms with Crippen molar-refractivity contribution in [1.29, 1.82) is 0 Å². The number of rotatable bonds is 52. The van der Waals surface area contributed by atoms with Crippen molar-refractivity contribution < 1.29 is 19.1 Å². The molecular formula is C58H116O4. The second-order valence-electron chi connectivity index (χ2n) is 19.5. The molecule has 4 nitrogen and oxygen atoms in total. The Hall–Kier alpha value is -1.06. The number of esters is 2. The molecule has 0 spiro atoms. The molecule has 0 rings (SSSR count). The minimum Gasteiger partial charge on any atom is -0.466 e. The lowest BCUT2D eigenvalue weighted by molar-refractivity contribution is -0.144. The Bertz CT molecular complexity index is 811. The molecule has 0 aromatic rings. The number of hydrogen-bond acceptors (Lipinski definition) is 4. The maximum Gasteiger partial charge on any atom is 0.305 e. The lowest BCUT2D eigenvalue weighted by Crippen LogP contribution is -2.05. The van der Waals surface area contributed by atoms with E-state index in [0.717, 1.165) is 25.7 Å². The average Bonchev–Trinajstić information content (AvgIpc) is 3.27. The van der Waals surface area contributed by atoms with Gasteiger partial charge in [0.25, 0.3) is 0 Å². The van der Waals surface area contributed by atoms with Crippen molar-refractivity contribution in [3.63, 3.8) is 0 Å². The smallest absolute Gasteiger partial charge is 0.305 e. The van der Waals surface area contributed by atoms with Crippen LogP contribution < -0.4 is 0 Å². The normalized spacial score (nSPS) is 11.2. The first-order valence-electron chi connectivity index (χ1n) is 28.9. The van der Waals surface area contributed by atoms with Gasteiger partial charge < -0.3 is 9.47 Å². The highest BCUT2D eigenvalue weighted by Crippen LogP contribution is 2.17. The molecule has 0 aromatic heterocycles. The maximum absolute atomic E-state index is 11.8. The van der Waals surface area contributed by atoms with Gasteiger partial charge in [-0.1, -0.05) is 310 Å². The molecule has 372 valence electrons. The summed E-state index contributed by atoms with van der Waals surface area (Å²) < 4.78 is 10.8. The monoisotopic (exact) mass is 877 g/mol. The molecule has 0 saturated carbocycles. The van der Waals surface area contributed by atoms with E-state index in [0.29, 0.717) is 26.1 Å². The van der Waals surface area contributed by atoms with Crippen LogP contribution in [0.1, 0.15) is 349 Å². The first-order chi connectivity index (χ1) is 30.6. The average molecular weight is 878 g/mol. The summed E-state index contributed by atoms with van der Waals surface area (Å²) in [6, 6.07) is 0. The molecule has 0 aromatic carbocycles. The summed E-state index contributed by atoms with van der Waals surface area (Å²) in [5.74, 6) is 0.0442. The summed E-state index contributed by atoms with van der Waals surface area (Å²) in [7, 11) is 0. The fourth-order valence-corrected chi connectivity index (χ4v) is 8.62. The molecule has 0 aliphatic rings. The van der Waals surface area contributed by atoms with Gasteiger partial charge in [-0.25, -0.2) is 0 Å². The lowest BCUT2D eigenvalue weighted by Gasteiger charge is -2.06. The first kappa shape index (κ1) is 63.0. The number of unbranched alkanes of at least 4 members (excludes halogenated alkanes) is 44. The third kappa shape index (κ3) is 61.0. The summed E-state index contributed by atoms with van der Waals surface area (Å²) in [4.78, 5) is 23.6. The molecular weight excluding hydrogens is 761 g/mol. The Balaban J connectivity index is 0. The van der Waals surface area contributed by atoms with E-state index in [-0.39, 0.29) is 11.9 Å². The van der Waals surface area contributed by atoms with Crippen LogP contribution in [-0.4, -0.2) is 25.2 Å². The molecule has 0 aliphatic heterocycles. The highest BCUT2D eigenvalue weighted by atomic mass is 16.5. The van der Waals surface area contributed by atoms with Crippen molar-refractivity contribution in [3.05, 3.63) is 0 Å². The minimum atomic E-state index is 0.0191. The van der Waals surface area contributed by atoms with Crippen molar-refractivity contribution in [3.8, 4) is 0 Å². The second kappa shape index (κ2) is 59.9. The van der Waals surface area contributed by atoms with E-state index in [1.807, 2.05) is 0 Å².